The van der Waals surface area contributed by atoms with Crippen LogP contribution in [0.2, 0.25) is 0 Å². The van der Waals surface area contributed by atoms with Gasteiger partial charge in [-0.1, -0.05) is 6.92 Å². The van der Waals surface area contributed by atoms with Gasteiger partial charge in [-0.2, -0.15) is 5.26 Å². The van der Waals surface area contributed by atoms with Gasteiger partial charge in [-0.15, -0.1) is 11.8 Å². The molecule has 0 radical (unpaired) electrons. The maximum atomic E-state index is 7.94. The van der Waals surface area contributed by atoms with E-state index in [1.165, 1.54) is 6.08 Å². The first kappa shape index (κ1) is 6.58. The van der Waals surface area contributed by atoms with Gasteiger partial charge >= 0.3 is 0 Å². The van der Waals surface area contributed by atoms with Crippen molar-refractivity contribution in [3.63, 3.8) is 0 Å². The summed E-state index contributed by atoms with van der Waals surface area (Å²) in [6.07, 6.45) is 1.48. The van der Waals surface area contributed by atoms with Crippen LogP contribution in [0.25, 0.3) is 0 Å². The van der Waals surface area contributed by atoms with Crippen molar-refractivity contribution in [3.8, 4) is 6.07 Å². The van der Waals surface area contributed by atoms with Crippen LogP contribution in [0.1, 0.15) is 6.92 Å². The lowest BCUT2D eigenvalue weighted by atomic mass is 10.7. The van der Waals surface area contributed by atoms with E-state index in [4.69, 9.17) is 5.26 Å². The number of nitrogens with zero attached hydrogens (tertiary/aromatic N) is 1. The van der Waals surface area contributed by atoms with Crippen LogP contribution in [0.15, 0.2) is 11.5 Å². The summed E-state index contributed by atoms with van der Waals surface area (Å²) in [7, 11) is 0. The molecule has 0 aliphatic carbocycles. The van der Waals surface area contributed by atoms with Crippen LogP contribution in [0.3, 0.4) is 0 Å². The molecule has 0 aliphatic rings. The Morgan fingerprint density at radius 2 is 2.57 bits per heavy atom. The topological polar surface area (TPSA) is 23.8 Å². The van der Waals surface area contributed by atoms with E-state index in [-0.39, 0.29) is 0 Å². The molecule has 38 valence electrons. The van der Waals surface area contributed by atoms with E-state index in [1.807, 2.05) is 13.0 Å². The number of hydrogen-bond acceptors (Lipinski definition) is 2. The van der Waals surface area contributed by atoms with E-state index in [0.29, 0.717) is 0 Å². The predicted molar refractivity (Wildman–Crippen MR) is 32.9 cm³/mol. The molecule has 0 aromatic rings. The molecule has 1 nitrogen and oxygen atoms in total. The molecule has 2 heteroatoms. The van der Waals surface area contributed by atoms with E-state index < -0.39 is 0 Å². The average molecular weight is 113 g/mol. The van der Waals surface area contributed by atoms with Gasteiger partial charge in [-0.05, 0) is 11.2 Å². The molecule has 0 heterocycles. The van der Waals surface area contributed by atoms with E-state index in [1.54, 1.807) is 17.2 Å². The highest BCUT2D eigenvalue weighted by atomic mass is 32.2. The zero-order valence-electron chi connectivity index (χ0n) is 4.22. The number of nitriles is 1. The van der Waals surface area contributed by atoms with Crippen LogP contribution in [0, 0.1) is 11.3 Å². The van der Waals surface area contributed by atoms with E-state index in [0.717, 1.165) is 5.75 Å². The zero-order valence-corrected chi connectivity index (χ0v) is 5.03. The summed E-state index contributed by atoms with van der Waals surface area (Å²) < 4.78 is 0. The van der Waals surface area contributed by atoms with Crippen LogP contribution >= 0.6 is 11.8 Å². The van der Waals surface area contributed by atoms with Crippen molar-refractivity contribution in [2.45, 2.75) is 6.92 Å². The summed E-state index contributed by atoms with van der Waals surface area (Å²) in [6.45, 7) is 2.05. The fraction of sp³-hybridized carbons (Fsp3) is 0.400. The first-order chi connectivity index (χ1) is 3.41. The van der Waals surface area contributed by atoms with Crippen LogP contribution in [0.5, 0.6) is 0 Å². The predicted octanol–water partition coefficient (Wildman–Crippen LogP) is 1.78. The normalized spacial score (nSPS) is 9.14. The number of thioether (sulfide) groups is 1. The van der Waals surface area contributed by atoms with Crippen LogP contribution in [-0.4, -0.2) is 5.75 Å². The minimum Gasteiger partial charge on any atom is -0.193 e. The molecule has 0 saturated heterocycles. The van der Waals surface area contributed by atoms with Crippen molar-refractivity contribution in [2.75, 3.05) is 5.75 Å². The Hall–Kier alpha value is -0.420. The summed E-state index contributed by atoms with van der Waals surface area (Å²) in [4.78, 5) is 0. The molecule has 0 rings (SSSR count). The van der Waals surface area contributed by atoms with E-state index in [9.17, 15) is 0 Å². The fourth-order valence-corrected chi connectivity index (χ4v) is 0.524. The van der Waals surface area contributed by atoms with Crippen LogP contribution in [-0.2, 0) is 0 Å². The highest BCUT2D eigenvalue weighted by molar-refractivity contribution is 8.02. The van der Waals surface area contributed by atoms with Crippen molar-refractivity contribution in [3.05, 3.63) is 11.5 Å². The molecule has 0 saturated carbocycles. The molecule has 0 bridgehead atoms. The van der Waals surface area contributed by atoms with Gasteiger partial charge in [0.2, 0.25) is 0 Å². The molecule has 0 aromatic carbocycles. The Balaban J connectivity index is 2.97. The quantitative estimate of drug-likeness (QED) is 0.509. The number of rotatable bonds is 2. The highest BCUT2D eigenvalue weighted by Crippen LogP contribution is 1.97. The van der Waals surface area contributed by atoms with Gasteiger partial charge in [0.25, 0.3) is 0 Å². The molecule has 0 atom stereocenters. The average Bonchev–Trinajstić information content (AvgIpc) is 1.69. The summed E-state index contributed by atoms with van der Waals surface area (Å²) in [5, 5.41) is 9.73. The van der Waals surface area contributed by atoms with Gasteiger partial charge in [0.1, 0.15) is 0 Å². The Kier molecular flexibility index (Phi) is 5.25. The molecule has 0 aliphatic heterocycles. The van der Waals surface area contributed by atoms with Crippen molar-refractivity contribution in [1.29, 1.82) is 5.26 Å². The second kappa shape index (κ2) is 5.58. The van der Waals surface area contributed by atoms with Crippen molar-refractivity contribution < 1.29 is 0 Å². The minimum absolute atomic E-state index is 1.04. The number of hydrogen-bond donors (Lipinski definition) is 0. The Bertz CT molecular complexity index is 90.7. The second-order valence-corrected chi connectivity index (χ2v) is 2.07. The van der Waals surface area contributed by atoms with Gasteiger partial charge < -0.3 is 0 Å². The Morgan fingerprint density at radius 3 is 3.00 bits per heavy atom. The molecule has 0 unspecified atom stereocenters. The summed E-state index contributed by atoms with van der Waals surface area (Å²) in [6, 6.07) is 1.90. The standard InChI is InChI=1S/C5H7NS/c1-2-7-5-3-4-6/h3,5H,2H2,1H3. The lowest BCUT2D eigenvalue weighted by molar-refractivity contribution is 1.53. The van der Waals surface area contributed by atoms with Gasteiger partial charge in [0.05, 0.1) is 6.07 Å². The van der Waals surface area contributed by atoms with Gasteiger partial charge in [0.15, 0.2) is 0 Å². The van der Waals surface area contributed by atoms with Crippen LogP contribution < -0.4 is 0 Å². The second-order valence-electron chi connectivity index (χ2n) is 0.887. The first-order valence-corrected chi connectivity index (χ1v) is 3.13. The van der Waals surface area contributed by atoms with Gasteiger partial charge in [0, 0.05) is 6.08 Å². The van der Waals surface area contributed by atoms with Crippen molar-refractivity contribution in [2.24, 2.45) is 0 Å². The third-order valence-corrected chi connectivity index (χ3v) is 1.07. The van der Waals surface area contributed by atoms with Crippen LogP contribution in [0.4, 0.5) is 0 Å². The molecule has 0 fully saturated rings. The third kappa shape index (κ3) is 5.58. The molecule has 7 heavy (non-hydrogen) atoms. The molecular weight excluding hydrogens is 106 g/mol. The third-order valence-electron chi connectivity index (χ3n) is 0.405. The van der Waals surface area contributed by atoms with Gasteiger partial charge in [-0.25, -0.2) is 0 Å². The molecule has 0 amide bonds. The van der Waals surface area contributed by atoms with E-state index in [2.05, 4.69) is 0 Å². The number of allylic oxidation sites excluding steroid dienone is 1. The fourth-order valence-electron chi connectivity index (χ4n) is 0.175. The summed E-state index contributed by atoms with van der Waals surface area (Å²) >= 11 is 1.63. The monoisotopic (exact) mass is 113 g/mol. The SMILES string of the molecule is CCSC=CC#N. The minimum atomic E-state index is 1.04. The lowest BCUT2D eigenvalue weighted by Crippen LogP contribution is -1.54. The smallest absolute Gasteiger partial charge is 0.0917 e. The van der Waals surface area contributed by atoms with Crippen molar-refractivity contribution in [1.82, 2.24) is 0 Å². The zero-order chi connectivity index (χ0) is 5.54. The maximum Gasteiger partial charge on any atom is 0.0917 e. The summed E-state index contributed by atoms with van der Waals surface area (Å²) in [5.74, 6) is 1.04. The highest BCUT2D eigenvalue weighted by Gasteiger charge is 1.67. The maximum absolute atomic E-state index is 7.94. The first-order valence-electron chi connectivity index (χ1n) is 2.08. The lowest BCUT2D eigenvalue weighted by Gasteiger charge is -1.76. The molecule has 0 aromatic heterocycles. The Morgan fingerprint density at radius 1 is 1.86 bits per heavy atom. The van der Waals surface area contributed by atoms with E-state index >= 15 is 0 Å². The molecule has 0 N–H and O–H groups in total. The Labute approximate surface area is 48.0 Å². The summed E-state index contributed by atoms with van der Waals surface area (Å²) in [5.41, 5.74) is 0. The molecule has 0 spiro atoms. The van der Waals surface area contributed by atoms with Gasteiger partial charge in [-0.3, -0.25) is 0 Å². The van der Waals surface area contributed by atoms with Crippen molar-refractivity contribution >= 4 is 11.8 Å². The molecular formula is C5H7NS. The largest absolute Gasteiger partial charge is 0.193 e.